The highest BCUT2D eigenvalue weighted by molar-refractivity contribution is 4.92. The van der Waals surface area contributed by atoms with Gasteiger partial charge in [0.1, 0.15) is 11.9 Å². The number of hydrogen-bond acceptors (Lipinski definition) is 0. The number of aromatic nitrogens is 2. The molecule has 0 aliphatic heterocycles. The minimum absolute atomic E-state index is 0.796. The molecule has 12 heavy (non-hydrogen) atoms. The molecule has 1 aromatic rings. The summed E-state index contributed by atoms with van der Waals surface area (Å²) in [5, 5.41) is 0. The van der Waals surface area contributed by atoms with Crippen LogP contribution in [0.2, 0.25) is 0 Å². The molecule has 0 amide bonds. The van der Waals surface area contributed by atoms with Crippen molar-refractivity contribution in [2.24, 2.45) is 20.0 Å². The molecule has 68 valence electrons. The highest BCUT2D eigenvalue weighted by atomic mass is 15.1. The van der Waals surface area contributed by atoms with Gasteiger partial charge in [0.15, 0.2) is 0 Å². The molecule has 0 bridgehead atoms. The second kappa shape index (κ2) is 3.74. The fourth-order valence-corrected chi connectivity index (χ4v) is 1.38. The summed E-state index contributed by atoms with van der Waals surface area (Å²) < 4.78 is 4.30. The second-order valence-corrected chi connectivity index (χ2v) is 3.94. The molecule has 2 heteroatoms. The van der Waals surface area contributed by atoms with Crippen molar-refractivity contribution in [1.82, 2.24) is 4.57 Å². The van der Waals surface area contributed by atoms with E-state index in [9.17, 15) is 0 Å². The van der Waals surface area contributed by atoms with E-state index in [1.165, 1.54) is 18.5 Å². The van der Waals surface area contributed by atoms with Gasteiger partial charge in [-0.25, -0.2) is 9.13 Å². The molecular weight excluding hydrogens is 148 g/mol. The van der Waals surface area contributed by atoms with Gasteiger partial charge in [0, 0.05) is 6.42 Å². The minimum atomic E-state index is 0.796. The van der Waals surface area contributed by atoms with Crippen molar-refractivity contribution in [3.05, 3.63) is 18.2 Å². The molecule has 0 fully saturated rings. The fraction of sp³-hybridized carbons (Fsp3) is 0.700. The number of rotatable bonds is 3. The summed E-state index contributed by atoms with van der Waals surface area (Å²) in [6, 6.07) is 0. The van der Waals surface area contributed by atoms with Crippen molar-refractivity contribution in [2.75, 3.05) is 0 Å². The van der Waals surface area contributed by atoms with Crippen molar-refractivity contribution >= 4 is 0 Å². The molecule has 2 nitrogen and oxygen atoms in total. The standard InChI is InChI=1S/C10H19N2/c1-9(2)5-6-10-7-11(3)8-12(10)4/h7-9H,5-6H2,1-4H3/q+1. The smallest absolute Gasteiger partial charge is 0.239 e. The van der Waals surface area contributed by atoms with Crippen LogP contribution in [0.3, 0.4) is 0 Å². The molecule has 0 radical (unpaired) electrons. The summed E-state index contributed by atoms with van der Waals surface area (Å²) in [6.45, 7) is 4.53. The zero-order chi connectivity index (χ0) is 9.14. The topological polar surface area (TPSA) is 8.81 Å². The number of hydrogen-bond donors (Lipinski definition) is 0. The van der Waals surface area contributed by atoms with Crippen LogP contribution in [-0.4, -0.2) is 4.57 Å². The molecular formula is C10H19N2+. The van der Waals surface area contributed by atoms with E-state index >= 15 is 0 Å². The van der Waals surface area contributed by atoms with Gasteiger partial charge >= 0.3 is 0 Å². The molecule has 0 unspecified atom stereocenters. The third kappa shape index (κ3) is 2.36. The van der Waals surface area contributed by atoms with E-state index in [-0.39, 0.29) is 0 Å². The Hall–Kier alpha value is -0.790. The number of imidazole rings is 1. The molecule has 1 aromatic heterocycles. The molecule has 0 aromatic carbocycles. The lowest BCUT2D eigenvalue weighted by molar-refractivity contribution is -0.671. The minimum Gasteiger partial charge on any atom is -0.239 e. The average molecular weight is 167 g/mol. The molecule has 0 N–H and O–H groups in total. The predicted molar refractivity (Wildman–Crippen MR) is 49.7 cm³/mol. The number of aryl methyl sites for hydroxylation is 3. The van der Waals surface area contributed by atoms with E-state index in [2.05, 4.69) is 49.6 Å². The summed E-state index contributed by atoms with van der Waals surface area (Å²) in [4.78, 5) is 0. The Morgan fingerprint density at radius 1 is 1.50 bits per heavy atom. The number of nitrogens with zero attached hydrogens (tertiary/aromatic N) is 2. The van der Waals surface area contributed by atoms with Crippen molar-refractivity contribution < 1.29 is 4.57 Å². The van der Waals surface area contributed by atoms with Gasteiger partial charge in [0.25, 0.3) is 0 Å². The Morgan fingerprint density at radius 2 is 2.17 bits per heavy atom. The van der Waals surface area contributed by atoms with E-state index in [1.807, 2.05) is 0 Å². The first-order valence-corrected chi connectivity index (χ1v) is 4.60. The van der Waals surface area contributed by atoms with Crippen molar-refractivity contribution in [3.8, 4) is 0 Å². The van der Waals surface area contributed by atoms with Gasteiger partial charge in [-0.15, -0.1) is 0 Å². The van der Waals surface area contributed by atoms with E-state index in [4.69, 9.17) is 0 Å². The normalized spacial score (nSPS) is 11.1. The van der Waals surface area contributed by atoms with Crippen LogP contribution in [0.5, 0.6) is 0 Å². The molecule has 0 saturated heterocycles. The van der Waals surface area contributed by atoms with Gasteiger partial charge in [-0.1, -0.05) is 13.8 Å². The fourth-order valence-electron chi connectivity index (χ4n) is 1.38. The molecule has 0 saturated carbocycles. The monoisotopic (exact) mass is 167 g/mol. The van der Waals surface area contributed by atoms with E-state index in [1.54, 1.807) is 0 Å². The lowest BCUT2D eigenvalue weighted by atomic mass is 10.1. The highest BCUT2D eigenvalue weighted by Crippen LogP contribution is 2.06. The zero-order valence-electron chi connectivity index (χ0n) is 8.54. The van der Waals surface area contributed by atoms with Gasteiger partial charge in [-0.05, 0) is 12.3 Å². The van der Waals surface area contributed by atoms with Crippen LogP contribution in [0.1, 0.15) is 26.0 Å². The Labute approximate surface area is 74.8 Å². The van der Waals surface area contributed by atoms with Crippen molar-refractivity contribution in [3.63, 3.8) is 0 Å². The lowest BCUT2D eigenvalue weighted by Gasteiger charge is -2.00. The van der Waals surface area contributed by atoms with Crippen molar-refractivity contribution in [1.29, 1.82) is 0 Å². The summed E-state index contributed by atoms with van der Waals surface area (Å²) in [5.74, 6) is 0.796. The first-order valence-electron chi connectivity index (χ1n) is 4.60. The quantitative estimate of drug-likeness (QED) is 0.602. The van der Waals surface area contributed by atoms with Gasteiger partial charge in [0.2, 0.25) is 6.33 Å². The van der Waals surface area contributed by atoms with Gasteiger partial charge in [-0.3, -0.25) is 0 Å². The van der Waals surface area contributed by atoms with Crippen LogP contribution in [0.25, 0.3) is 0 Å². The molecule has 0 spiro atoms. The van der Waals surface area contributed by atoms with E-state index < -0.39 is 0 Å². The Balaban J connectivity index is 2.57. The van der Waals surface area contributed by atoms with Crippen LogP contribution < -0.4 is 4.57 Å². The maximum atomic E-state index is 2.27. The SMILES string of the molecule is CC(C)CCc1c[n+](C)cn1C. The molecule has 0 aliphatic carbocycles. The average Bonchev–Trinajstić information content (AvgIpc) is 2.26. The first kappa shape index (κ1) is 9.30. The lowest BCUT2D eigenvalue weighted by Crippen LogP contribution is -2.23. The molecule has 0 atom stereocenters. The molecule has 0 aliphatic rings. The van der Waals surface area contributed by atoms with Crippen LogP contribution >= 0.6 is 0 Å². The predicted octanol–water partition coefficient (Wildman–Crippen LogP) is 1.44. The van der Waals surface area contributed by atoms with E-state index in [0.717, 1.165) is 5.92 Å². The maximum absolute atomic E-state index is 2.27. The molecule has 1 heterocycles. The largest absolute Gasteiger partial charge is 0.243 e. The van der Waals surface area contributed by atoms with Gasteiger partial charge in [0.05, 0.1) is 14.1 Å². The Morgan fingerprint density at radius 3 is 2.58 bits per heavy atom. The van der Waals surface area contributed by atoms with E-state index in [0.29, 0.717) is 0 Å². The second-order valence-electron chi connectivity index (χ2n) is 3.94. The summed E-state index contributed by atoms with van der Waals surface area (Å²) in [6.07, 6.45) is 6.77. The van der Waals surface area contributed by atoms with Crippen LogP contribution in [-0.2, 0) is 20.5 Å². The highest BCUT2D eigenvalue weighted by Gasteiger charge is 2.07. The molecule has 1 rings (SSSR count). The summed E-state index contributed by atoms with van der Waals surface area (Å²) in [5.41, 5.74) is 1.42. The maximum Gasteiger partial charge on any atom is 0.243 e. The Kier molecular flexibility index (Phi) is 2.90. The first-order chi connectivity index (χ1) is 5.59. The van der Waals surface area contributed by atoms with Gasteiger partial charge < -0.3 is 0 Å². The van der Waals surface area contributed by atoms with Gasteiger partial charge in [-0.2, -0.15) is 0 Å². The van der Waals surface area contributed by atoms with Crippen LogP contribution in [0.15, 0.2) is 12.5 Å². The Bertz CT molecular complexity index is 248. The third-order valence-electron chi connectivity index (χ3n) is 2.14. The zero-order valence-corrected chi connectivity index (χ0v) is 8.54. The van der Waals surface area contributed by atoms with Crippen molar-refractivity contribution in [2.45, 2.75) is 26.7 Å². The van der Waals surface area contributed by atoms with Crippen LogP contribution in [0, 0.1) is 5.92 Å². The third-order valence-corrected chi connectivity index (χ3v) is 2.14. The van der Waals surface area contributed by atoms with Crippen LogP contribution in [0.4, 0.5) is 0 Å². The summed E-state index contributed by atoms with van der Waals surface area (Å²) >= 11 is 0. The summed E-state index contributed by atoms with van der Waals surface area (Å²) in [7, 11) is 4.18.